The van der Waals surface area contributed by atoms with Crippen molar-refractivity contribution in [3.8, 4) is 11.4 Å². The van der Waals surface area contributed by atoms with Crippen LogP contribution in [0.2, 0.25) is 0 Å². The number of unbranched alkanes of at least 4 members (excludes halogenated alkanes) is 5. The van der Waals surface area contributed by atoms with Crippen LogP contribution in [0.15, 0.2) is 30.6 Å². The van der Waals surface area contributed by atoms with Gasteiger partial charge in [0.05, 0.1) is 0 Å². The Bertz CT molecular complexity index is 748. The van der Waals surface area contributed by atoms with Gasteiger partial charge in [-0.2, -0.15) is 0 Å². The SMILES string of the molecule is CCCCCCCc1ccc(-c2ncc(C3CCC(CCCC)CC3)cn2)cc1F. The van der Waals surface area contributed by atoms with E-state index in [1.165, 1.54) is 76.2 Å². The lowest BCUT2D eigenvalue weighted by Crippen LogP contribution is -2.13. The summed E-state index contributed by atoms with van der Waals surface area (Å²) in [5.74, 6) is 2.00. The summed E-state index contributed by atoms with van der Waals surface area (Å²) in [6, 6.07) is 5.49. The molecule has 0 atom stereocenters. The summed E-state index contributed by atoms with van der Waals surface area (Å²) >= 11 is 0. The molecule has 2 aromatic rings. The maximum Gasteiger partial charge on any atom is 0.159 e. The minimum atomic E-state index is -0.124. The van der Waals surface area contributed by atoms with Crippen molar-refractivity contribution in [3.63, 3.8) is 0 Å². The van der Waals surface area contributed by atoms with Gasteiger partial charge in [-0.05, 0) is 67.6 Å². The lowest BCUT2D eigenvalue weighted by atomic mass is 9.78. The summed E-state index contributed by atoms with van der Waals surface area (Å²) < 4.78 is 14.6. The van der Waals surface area contributed by atoms with Gasteiger partial charge in [0.25, 0.3) is 0 Å². The first-order chi connectivity index (χ1) is 14.7. The van der Waals surface area contributed by atoms with E-state index >= 15 is 0 Å². The molecule has 164 valence electrons. The molecule has 1 saturated carbocycles. The molecule has 1 fully saturated rings. The van der Waals surface area contributed by atoms with Crippen LogP contribution >= 0.6 is 0 Å². The number of hydrogen-bond donors (Lipinski definition) is 0. The molecule has 2 nitrogen and oxygen atoms in total. The fraction of sp³-hybridized carbons (Fsp3) is 0.630. The molecule has 1 aliphatic rings. The van der Waals surface area contributed by atoms with Crippen LogP contribution in [0.3, 0.4) is 0 Å². The minimum Gasteiger partial charge on any atom is -0.236 e. The first-order valence-corrected chi connectivity index (χ1v) is 12.3. The zero-order chi connectivity index (χ0) is 21.2. The highest BCUT2D eigenvalue weighted by molar-refractivity contribution is 5.55. The molecule has 0 saturated heterocycles. The molecule has 0 aliphatic heterocycles. The lowest BCUT2D eigenvalue weighted by molar-refractivity contribution is 0.304. The highest BCUT2D eigenvalue weighted by Crippen LogP contribution is 2.37. The second-order valence-corrected chi connectivity index (χ2v) is 9.17. The third kappa shape index (κ3) is 6.62. The Kier molecular flexibility index (Phi) is 9.29. The van der Waals surface area contributed by atoms with Gasteiger partial charge < -0.3 is 0 Å². The molecule has 0 bridgehead atoms. The first-order valence-electron chi connectivity index (χ1n) is 12.3. The highest BCUT2D eigenvalue weighted by Gasteiger charge is 2.22. The van der Waals surface area contributed by atoms with Crippen LogP contribution < -0.4 is 0 Å². The molecule has 0 spiro atoms. The van der Waals surface area contributed by atoms with Crippen molar-refractivity contribution in [3.05, 3.63) is 47.5 Å². The zero-order valence-corrected chi connectivity index (χ0v) is 19.0. The van der Waals surface area contributed by atoms with E-state index in [0.29, 0.717) is 11.7 Å². The van der Waals surface area contributed by atoms with Crippen LogP contribution in [-0.4, -0.2) is 9.97 Å². The zero-order valence-electron chi connectivity index (χ0n) is 19.0. The van der Waals surface area contributed by atoms with Gasteiger partial charge in [-0.25, -0.2) is 14.4 Å². The lowest BCUT2D eigenvalue weighted by Gasteiger charge is -2.28. The Morgan fingerprint density at radius 1 is 0.867 bits per heavy atom. The normalized spacial score (nSPS) is 19.2. The molecule has 1 aliphatic carbocycles. The summed E-state index contributed by atoms with van der Waals surface area (Å²) in [6.45, 7) is 4.49. The molecule has 0 amide bonds. The highest BCUT2D eigenvalue weighted by atomic mass is 19.1. The van der Waals surface area contributed by atoms with Crippen LogP contribution in [0.5, 0.6) is 0 Å². The smallest absolute Gasteiger partial charge is 0.159 e. The van der Waals surface area contributed by atoms with Gasteiger partial charge in [0.2, 0.25) is 0 Å². The largest absolute Gasteiger partial charge is 0.236 e. The molecule has 30 heavy (non-hydrogen) atoms. The van der Waals surface area contributed by atoms with Crippen molar-refractivity contribution in [1.29, 1.82) is 0 Å². The predicted molar refractivity (Wildman–Crippen MR) is 124 cm³/mol. The molecule has 1 aromatic heterocycles. The van der Waals surface area contributed by atoms with Gasteiger partial charge in [0, 0.05) is 18.0 Å². The van der Waals surface area contributed by atoms with Gasteiger partial charge in [-0.1, -0.05) is 70.9 Å². The Hall–Kier alpha value is -1.77. The van der Waals surface area contributed by atoms with Gasteiger partial charge in [0.1, 0.15) is 5.82 Å². The van der Waals surface area contributed by atoms with E-state index in [4.69, 9.17) is 0 Å². The quantitative estimate of drug-likeness (QED) is 0.348. The minimum absolute atomic E-state index is 0.124. The van der Waals surface area contributed by atoms with Crippen molar-refractivity contribution in [2.45, 2.75) is 103 Å². The molecular formula is C27H39FN2. The summed E-state index contributed by atoms with van der Waals surface area (Å²) in [7, 11) is 0. The summed E-state index contributed by atoms with van der Waals surface area (Å²) in [5, 5.41) is 0. The maximum absolute atomic E-state index is 14.6. The molecule has 0 N–H and O–H groups in total. The Labute approximate surface area is 182 Å². The van der Waals surface area contributed by atoms with Gasteiger partial charge >= 0.3 is 0 Å². The first kappa shape index (κ1) is 22.9. The second kappa shape index (κ2) is 12.2. The van der Waals surface area contributed by atoms with Crippen molar-refractivity contribution in [1.82, 2.24) is 9.97 Å². The average molecular weight is 411 g/mol. The molecule has 1 aromatic carbocycles. The summed E-state index contributed by atoms with van der Waals surface area (Å²) in [5.41, 5.74) is 2.83. The number of benzene rings is 1. The number of hydrogen-bond acceptors (Lipinski definition) is 2. The van der Waals surface area contributed by atoms with Crippen molar-refractivity contribution in [2.75, 3.05) is 0 Å². The van der Waals surface area contributed by atoms with E-state index < -0.39 is 0 Å². The van der Waals surface area contributed by atoms with E-state index in [0.717, 1.165) is 29.9 Å². The van der Waals surface area contributed by atoms with Gasteiger partial charge in [0.15, 0.2) is 5.82 Å². The number of aryl methyl sites for hydroxylation is 1. The number of nitrogens with zero attached hydrogens (tertiary/aromatic N) is 2. The molecule has 0 radical (unpaired) electrons. The monoisotopic (exact) mass is 410 g/mol. The predicted octanol–water partition coefficient (Wildman–Crippen LogP) is 8.26. The third-order valence-corrected chi connectivity index (χ3v) is 6.82. The topological polar surface area (TPSA) is 25.8 Å². The second-order valence-electron chi connectivity index (χ2n) is 9.17. The van der Waals surface area contributed by atoms with E-state index in [1.807, 2.05) is 24.5 Å². The molecule has 0 unspecified atom stereocenters. The van der Waals surface area contributed by atoms with Crippen LogP contribution in [0.1, 0.15) is 108 Å². The molecule has 1 heterocycles. The van der Waals surface area contributed by atoms with E-state index in [-0.39, 0.29) is 5.82 Å². The van der Waals surface area contributed by atoms with Gasteiger partial charge in [-0.15, -0.1) is 0 Å². The fourth-order valence-corrected chi connectivity index (χ4v) is 4.78. The summed E-state index contributed by atoms with van der Waals surface area (Å²) in [4.78, 5) is 9.16. The van der Waals surface area contributed by atoms with E-state index in [2.05, 4.69) is 23.8 Å². The molecule has 3 heteroatoms. The Balaban J connectivity index is 1.54. The maximum atomic E-state index is 14.6. The van der Waals surface area contributed by atoms with Crippen molar-refractivity contribution >= 4 is 0 Å². The van der Waals surface area contributed by atoms with E-state index in [1.54, 1.807) is 6.07 Å². The van der Waals surface area contributed by atoms with Gasteiger partial charge in [-0.3, -0.25) is 0 Å². The Morgan fingerprint density at radius 3 is 2.23 bits per heavy atom. The number of aromatic nitrogens is 2. The number of rotatable bonds is 11. The van der Waals surface area contributed by atoms with Crippen molar-refractivity contribution in [2.24, 2.45) is 5.92 Å². The van der Waals surface area contributed by atoms with Crippen molar-refractivity contribution < 1.29 is 4.39 Å². The number of halogens is 1. The Morgan fingerprint density at radius 2 is 1.57 bits per heavy atom. The molecule has 3 rings (SSSR count). The van der Waals surface area contributed by atoms with Crippen LogP contribution in [-0.2, 0) is 6.42 Å². The fourth-order valence-electron chi connectivity index (χ4n) is 4.78. The third-order valence-electron chi connectivity index (χ3n) is 6.82. The van der Waals surface area contributed by atoms with Crippen LogP contribution in [0.25, 0.3) is 11.4 Å². The van der Waals surface area contributed by atoms with E-state index in [9.17, 15) is 4.39 Å². The van der Waals surface area contributed by atoms with Crippen LogP contribution in [0.4, 0.5) is 4.39 Å². The molecular weight excluding hydrogens is 371 g/mol. The standard InChI is InChI=1S/C27H39FN2/c1-3-5-7-8-9-11-23-16-17-24(18-26(23)28)27-29-19-25(20-30-27)22-14-12-21(13-15-22)10-6-4-2/h16-22H,3-15H2,1-2H3. The van der Waals surface area contributed by atoms with Crippen LogP contribution in [0, 0.1) is 11.7 Å². The average Bonchev–Trinajstić information content (AvgIpc) is 2.79. The summed E-state index contributed by atoms with van der Waals surface area (Å²) in [6.07, 6.45) is 20.0.